The van der Waals surface area contributed by atoms with Crippen LogP contribution in [0.1, 0.15) is 5.56 Å². The third kappa shape index (κ3) is 2.49. The van der Waals surface area contributed by atoms with Gasteiger partial charge in [-0.25, -0.2) is 0 Å². The van der Waals surface area contributed by atoms with Crippen LogP contribution in [0.15, 0.2) is 35.0 Å². The number of halogens is 1. The van der Waals surface area contributed by atoms with Gasteiger partial charge >= 0.3 is 0 Å². The molecule has 2 aromatic rings. The summed E-state index contributed by atoms with van der Waals surface area (Å²) in [6, 6.07) is 7.64. The Morgan fingerprint density at radius 1 is 1.38 bits per heavy atom. The van der Waals surface area contributed by atoms with Gasteiger partial charge in [0.05, 0.1) is 11.4 Å². The van der Waals surface area contributed by atoms with Crippen molar-refractivity contribution in [2.75, 3.05) is 17.7 Å². The van der Waals surface area contributed by atoms with E-state index in [4.69, 9.17) is 17.3 Å². The molecule has 0 aliphatic rings. The van der Waals surface area contributed by atoms with Crippen LogP contribution in [0.3, 0.4) is 0 Å². The molecule has 0 saturated carbocycles. The third-order valence-electron chi connectivity index (χ3n) is 2.40. The van der Waals surface area contributed by atoms with E-state index >= 15 is 0 Å². The molecule has 2 rings (SSSR count). The highest BCUT2D eigenvalue weighted by Gasteiger charge is 2.06. The molecule has 0 spiro atoms. The van der Waals surface area contributed by atoms with Gasteiger partial charge in [0.25, 0.3) is 0 Å². The summed E-state index contributed by atoms with van der Waals surface area (Å²) in [7, 11) is 2.01. The number of rotatable bonds is 3. The second-order valence-corrected chi connectivity index (χ2v) is 4.91. The summed E-state index contributed by atoms with van der Waals surface area (Å²) in [4.78, 5) is 2.10. The molecule has 2 nitrogen and oxygen atoms in total. The van der Waals surface area contributed by atoms with Crippen molar-refractivity contribution in [3.05, 3.63) is 45.6 Å². The van der Waals surface area contributed by atoms with Crippen molar-refractivity contribution in [3.8, 4) is 0 Å². The van der Waals surface area contributed by atoms with Gasteiger partial charge in [0.1, 0.15) is 0 Å². The van der Waals surface area contributed by atoms with E-state index in [1.807, 2.05) is 19.2 Å². The second kappa shape index (κ2) is 4.76. The van der Waals surface area contributed by atoms with Crippen LogP contribution >= 0.6 is 22.9 Å². The monoisotopic (exact) mass is 252 g/mol. The lowest BCUT2D eigenvalue weighted by Gasteiger charge is -2.20. The molecule has 1 aromatic heterocycles. The summed E-state index contributed by atoms with van der Waals surface area (Å²) in [5, 5.41) is 4.92. The Balaban J connectivity index is 2.20. The first-order valence-corrected chi connectivity index (χ1v) is 6.26. The zero-order chi connectivity index (χ0) is 11.5. The maximum Gasteiger partial charge on any atom is 0.0615 e. The molecule has 1 heterocycles. The van der Waals surface area contributed by atoms with Crippen LogP contribution in [0.5, 0.6) is 0 Å². The standard InChI is InChI=1S/C12H13ClN2S/c1-15(7-9-4-5-16-8-9)12-6-10(13)2-3-11(12)14/h2-6,8H,7,14H2,1H3. The van der Waals surface area contributed by atoms with Gasteiger partial charge in [0.15, 0.2) is 0 Å². The van der Waals surface area contributed by atoms with E-state index in [0.29, 0.717) is 5.02 Å². The first-order chi connectivity index (χ1) is 7.66. The fourth-order valence-corrected chi connectivity index (χ4v) is 2.42. The van der Waals surface area contributed by atoms with E-state index < -0.39 is 0 Å². The predicted octanol–water partition coefficient (Wildman–Crippen LogP) is 3.62. The molecule has 16 heavy (non-hydrogen) atoms. The van der Waals surface area contributed by atoms with Crippen LogP contribution in [0, 0.1) is 0 Å². The quantitative estimate of drug-likeness (QED) is 0.846. The topological polar surface area (TPSA) is 29.3 Å². The van der Waals surface area contributed by atoms with Gasteiger partial charge in [0.2, 0.25) is 0 Å². The van der Waals surface area contributed by atoms with E-state index in [9.17, 15) is 0 Å². The van der Waals surface area contributed by atoms with Crippen LogP contribution in [-0.4, -0.2) is 7.05 Å². The molecule has 1 aromatic carbocycles. The molecule has 0 fully saturated rings. The molecule has 0 radical (unpaired) electrons. The normalized spacial score (nSPS) is 10.4. The Kier molecular flexibility index (Phi) is 3.36. The summed E-state index contributed by atoms with van der Waals surface area (Å²) in [6.45, 7) is 0.841. The van der Waals surface area contributed by atoms with Crippen LogP contribution in [0.4, 0.5) is 11.4 Å². The van der Waals surface area contributed by atoms with Crippen LogP contribution < -0.4 is 10.6 Å². The minimum Gasteiger partial charge on any atom is -0.397 e. The fourth-order valence-electron chi connectivity index (χ4n) is 1.59. The van der Waals surface area contributed by atoms with Crippen molar-refractivity contribution < 1.29 is 0 Å². The summed E-state index contributed by atoms with van der Waals surface area (Å²) < 4.78 is 0. The molecule has 0 aliphatic carbocycles. The zero-order valence-corrected chi connectivity index (χ0v) is 10.6. The average Bonchev–Trinajstić information content (AvgIpc) is 2.74. The fraction of sp³-hybridized carbons (Fsp3) is 0.167. The average molecular weight is 253 g/mol. The lowest BCUT2D eigenvalue weighted by atomic mass is 10.2. The molecule has 0 unspecified atom stereocenters. The molecular weight excluding hydrogens is 240 g/mol. The summed E-state index contributed by atoms with van der Waals surface area (Å²) in [5.41, 5.74) is 8.93. The highest BCUT2D eigenvalue weighted by Crippen LogP contribution is 2.27. The maximum absolute atomic E-state index is 5.96. The highest BCUT2D eigenvalue weighted by molar-refractivity contribution is 7.07. The highest BCUT2D eigenvalue weighted by atomic mass is 35.5. The van der Waals surface area contributed by atoms with Crippen LogP contribution in [0.2, 0.25) is 5.02 Å². The van der Waals surface area contributed by atoms with Crippen molar-refractivity contribution in [2.45, 2.75) is 6.54 Å². The number of anilines is 2. The smallest absolute Gasteiger partial charge is 0.0615 e. The predicted molar refractivity (Wildman–Crippen MR) is 72.3 cm³/mol. The molecule has 4 heteroatoms. The SMILES string of the molecule is CN(Cc1ccsc1)c1cc(Cl)ccc1N. The van der Waals surface area contributed by atoms with E-state index in [2.05, 4.69) is 21.7 Å². The minimum atomic E-state index is 0.710. The van der Waals surface area contributed by atoms with Crippen molar-refractivity contribution in [2.24, 2.45) is 0 Å². The second-order valence-electron chi connectivity index (χ2n) is 3.69. The Morgan fingerprint density at radius 3 is 2.88 bits per heavy atom. The van der Waals surface area contributed by atoms with Gasteiger partial charge in [-0.15, -0.1) is 0 Å². The van der Waals surface area contributed by atoms with Crippen molar-refractivity contribution in [3.63, 3.8) is 0 Å². The maximum atomic E-state index is 5.96. The van der Waals surface area contributed by atoms with Crippen LogP contribution in [0.25, 0.3) is 0 Å². The zero-order valence-electron chi connectivity index (χ0n) is 8.98. The Hall–Kier alpha value is -1.19. The molecule has 2 N–H and O–H groups in total. The Morgan fingerprint density at radius 2 is 2.19 bits per heavy atom. The number of nitrogens with two attached hydrogens (primary N) is 1. The van der Waals surface area contributed by atoms with E-state index in [1.54, 1.807) is 17.4 Å². The third-order valence-corrected chi connectivity index (χ3v) is 3.37. The Bertz CT molecular complexity index is 468. The van der Waals surface area contributed by atoms with E-state index in [-0.39, 0.29) is 0 Å². The van der Waals surface area contributed by atoms with Crippen molar-refractivity contribution in [1.82, 2.24) is 0 Å². The number of hydrogen-bond acceptors (Lipinski definition) is 3. The summed E-state index contributed by atoms with van der Waals surface area (Å²) in [6.07, 6.45) is 0. The number of hydrogen-bond donors (Lipinski definition) is 1. The molecular formula is C12H13ClN2S. The Labute approximate surface area is 104 Å². The van der Waals surface area contributed by atoms with Crippen molar-refractivity contribution in [1.29, 1.82) is 0 Å². The van der Waals surface area contributed by atoms with Gasteiger partial charge < -0.3 is 10.6 Å². The molecule has 0 aliphatic heterocycles. The molecule has 84 valence electrons. The first kappa shape index (κ1) is 11.3. The van der Waals surface area contributed by atoms with E-state index in [0.717, 1.165) is 17.9 Å². The first-order valence-electron chi connectivity index (χ1n) is 4.94. The number of nitrogen functional groups attached to an aromatic ring is 1. The van der Waals surface area contributed by atoms with Gasteiger partial charge in [-0.3, -0.25) is 0 Å². The lowest BCUT2D eigenvalue weighted by molar-refractivity contribution is 0.929. The summed E-state index contributed by atoms with van der Waals surface area (Å²) >= 11 is 7.66. The molecule has 0 amide bonds. The van der Waals surface area contributed by atoms with Crippen molar-refractivity contribution >= 4 is 34.3 Å². The molecule has 0 bridgehead atoms. The number of nitrogens with zero attached hydrogens (tertiary/aromatic N) is 1. The van der Waals surface area contributed by atoms with Gasteiger partial charge in [-0.05, 0) is 40.6 Å². The molecule has 0 atom stereocenters. The van der Waals surface area contributed by atoms with Gasteiger partial charge in [-0.1, -0.05) is 11.6 Å². The number of thiophene rings is 1. The minimum absolute atomic E-state index is 0.710. The number of benzene rings is 1. The van der Waals surface area contributed by atoms with Crippen LogP contribution in [-0.2, 0) is 6.54 Å². The van der Waals surface area contributed by atoms with E-state index in [1.165, 1.54) is 5.56 Å². The molecule has 0 saturated heterocycles. The largest absolute Gasteiger partial charge is 0.397 e. The van der Waals surface area contributed by atoms with Gasteiger partial charge in [-0.2, -0.15) is 11.3 Å². The lowest BCUT2D eigenvalue weighted by Crippen LogP contribution is -2.17. The van der Waals surface area contributed by atoms with Gasteiger partial charge in [0, 0.05) is 18.6 Å². The summed E-state index contributed by atoms with van der Waals surface area (Å²) in [5.74, 6) is 0.